The van der Waals surface area contributed by atoms with Crippen LogP contribution < -0.4 is 20.9 Å². The van der Waals surface area contributed by atoms with Crippen molar-refractivity contribution in [2.45, 2.75) is 33.2 Å². The van der Waals surface area contributed by atoms with E-state index >= 15 is 0 Å². The molecule has 0 aromatic heterocycles. The molecule has 23 heavy (non-hydrogen) atoms. The van der Waals surface area contributed by atoms with Gasteiger partial charge < -0.3 is 26.0 Å². The molecule has 1 aromatic rings. The number of hydrogen-bond acceptors (Lipinski definition) is 5. The number of carbonyl (C=O) groups is 2. The van der Waals surface area contributed by atoms with Crippen LogP contribution in [0.15, 0.2) is 0 Å². The number of carboxylic acid groups (broad SMARTS) is 1. The summed E-state index contributed by atoms with van der Waals surface area (Å²) in [5.41, 5.74) is 11.0. The van der Waals surface area contributed by atoms with Crippen LogP contribution >= 0.6 is 0 Å². The Balaban J connectivity index is 0.00000232. The van der Waals surface area contributed by atoms with E-state index in [2.05, 4.69) is 0 Å². The average molecular weight is 330 g/mol. The first-order valence-electron chi connectivity index (χ1n) is 6.97. The van der Waals surface area contributed by atoms with E-state index in [4.69, 9.17) is 26.0 Å². The fourth-order valence-corrected chi connectivity index (χ4v) is 2.09. The second-order valence-electron chi connectivity index (χ2n) is 4.37. The van der Waals surface area contributed by atoms with Gasteiger partial charge in [-0.3, -0.25) is 9.59 Å². The fraction of sp³-hybridized carbons (Fsp3) is 0.467. The molecule has 130 valence electrons. The smallest absolute Gasteiger partial charge is 0.320 e. The molecule has 8 heteroatoms. The summed E-state index contributed by atoms with van der Waals surface area (Å²) in [6.45, 7) is 5.49. The van der Waals surface area contributed by atoms with Crippen molar-refractivity contribution in [1.82, 2.24) is 0 Å². The highest BCUT2D eigenvalue weighted by atomic mass is 19.1. The number of amides is 1. The lowest BCUT2D eigenvalue weighted by Gasteiger charge is -2.19. The van der Waals surface area contributed by atoms with E-state index in [1.807, 2.05) is 13.8 Å². The predicted molar refractivity (Wildman–Crippen MR) is 83.4 cm³/mol. The zero-order valence-corrected chi connectivity index (χ0v) is 13.9. The predicted octanol–water partition coefficient (Wildman–Crippen LogP) is 1.23. The molecule has 0 saturated heterocycles. The number of carbonyl (C=O) groups excluding carboxylic acids is 1. The Morgan fingerprint density at radius 1 is 1.22 bits per heavy atom. The van der Waals surface area contributed by atoms with Gasteiger partial charge in [0.15, 0.2) is 11.5 Å². The maximum absolute atomic E-state index is 14.3. The van der Waals surface area contributed by atoms with Crippen LogP contribution in [-0.2, 0) is 11.2 Å². The molecule has 0 aliphatic carbocycles. The first-order valence-corrected chi connectivity index (χ1v) is 6.97. The molecule has 1 rings (SSSR count). The van der Waals surface area contributed by atoms with Crippen LogP contribution in [0.2, 0.25) is 0 Å². The largest absolute Gasteiger partial charge is 0.493 e. The molecule has 0 spiro atoms. The molecule has 0 saturated carbocycles. The van der Waals surface area contributed by atoms with Crippen LogP contribution in [0.1, 0.15) is 35.3 Å². The summed E-state index contributed by atoms with van der Waals surface area (Å²) >= 11 is 0. The van der Waals surface area contributed by atoms with Crippen molar-refractivity contribution < 1.29 is 28.6 Å². The van der Waals surface area contributed by atoms with Crippen molar-refractivity contribution in [3.63, 3.8) is 0 Å². The second-order valence-corrected chi connectivity index (χ2v) is 4.37. The van der Waals surface area contributed by atoms with E-state index in [-0.39, 0.29) is 34.6 Å². The average Bonchev–Trinajstić information content (AvgIpc) is 2.51. The number of aliphatic carboxylic acids is 1. The van der Waals surface area contributed by atoms with Gasteiger partial charge >= 0.3 is 5.97 Å². The van der Waals surface area contributed by atoms with Gasteiger partial charge in [-0.05, 0) is 12.5 Å². The van der Waals surface area contributed by atoms with Gasteiger partial charge in [0.25, 0.3) is 5.91 Å². The van der Waals surface area contributed by atoms with Crippen LogP contribution in [0.25, 0.3) is 0 Å². The summed E-state index contributed by atoms with van der Waals surface area (Å²) in [6.07, 6.45) is -0.217. The van der Waals surface area contributed by atoms with Crippen LogP contribution in [0.4, 0.5) is 4.39 Å². The number of hydrogen-bond donors (Lipinski definition) is 3. The molecule has 0 radical (unpaired) electrons. The molecule has 1 atom stereocenters. The van der Waals surface area contributed by atoms with Crippen molar-refractivity contribution in [2.75, 3.05) is 14.2 Å². The van der Waals surface area contributed by atoms with Crippen molar-refractivity contribution in [3.05, 3.63) is 22.5 Å². The molecule has 0 aliphatic rings. The number of rotatable bonds is 6. The van der Waals surface area contributed by atoms with Gasteiger partial charge in [-0.25, -0.2) is 0 Å². The highest BCUT2D eigenvalue weighted by Gasteiger charge is 2.28. The molecule has 7 nitrogen and oxygen atoms in total. The van der Waals surface area contributed by atoms with E-state index in [0.717, 1.165) is 0 Å². The summed E-state index contributed by atoms with van der Waals surface area (Å²) in [5.74, 6) is -3.63. The molecule has 1 amide bonds. The Hall–Kier alpha value is -2.35. The molecule has 0 bridgehead atoms. The van der Waals surface area contributed by atoms with Crippen LogP contribution in [-0.4, -0.2) is 37.2 Å². The maximum atomic E-state index is 14.3. The third-order valence-corrected chi connectivity index (χ3v) is 3.12. The lowest BCUT2D eigenvalue weighted by Crippen LogP contribution is -2.33. The van der Waals surface area contributed by atoms with E-state index < -0.39 is 23.7 Å². The topological polar surface area (TPSA) is 125 Å². The van der Waals surface area contributed by atoms with Gasteiger partial charge in [0, 0.05) is 12.0 Å². The summed E-state index contributed by atoms with van der Waals surface area (Å²) in [6, 6.07) is -1.27. The summed E-state index contributed by atoms with van der Waals surface area (Å²) in [4.78, 5) is 22.4. The Kier molecular flexibility index (Phi) is 8.03. The monoisotopic (exact) mass is 330 g/mol. The van der Waals surface area contributed by atoms with Gasteiger partial charge in [0.2, 0.25) is 5.82 Å². The van der Waals surface area contributed by atoms with Gasteiger partial charge in [-0.2, -0.15) is 4.39 Å². The number of nitrogens with two attached hydrogens (primary N) is 2. The van der Waals surface area contributed by atoms with Crippen LogP contribution in [0, 0.1) is 12.7 Å². The zero-order chi connectivity index (χ0) is 18.3. The Labute approximate surface area is 134 Å². The fourth-order valence-electron chi connectivity index (χ4n) is 2.09. The maximum Gasteiger partial charge on any atom is 0.320 e. The zero-order valence-electron chi connectivity index (χ0n) is 13.9. The number of ether oxygens (including phenoxy) is 2. The van der Waals surface area contributed by atoms with Gasteiger partial charge in [-0.15, -0.1) is 0 Å². The SMILES string of the molecule is CC.COc1c(F)c(OC)c(C(N)=O)c(C)c1CC(N)C(=O)O. The molecule has 1 aromatic carbocycles. The summed E-state index contributed by atoms with van der Waals surface area (Å²) in [7, 11) is 2.41. The van der Waals surface area contributed by atoms with Crippen molar-refractivity contribution in [2.24, 2.45) is 11.5 Å². The molecule has 0 fully saturated rings. The van der Waals surface area contributed by atoms with E-state index in [1.54, 1.807) is 0 Å². The number of carboxylic acids is 1. The van der Waals surface area contributed by atoms with Crippen LogP contribution in [0.3, 0.4) is 0 Å². The lowest BCUT2D eigenvalue weighted by atomic mass is 9.94. The van der Waals surface area contributed by atoms with Crippen molar-refractivity contribution >= 4 is 11.9 Å². The highest BCUT2D eigenvalue weighted by molar-refractivity contribution is 5.98. The minimum atomic E-state index is -1.27. The lowest BCUT2D eigenvalue weighted by molar-refractivity contribution is -0.138. The minimum Gasteiger partial charge on any atom is -0.493 e. The molecular weight excluding hydrogens is 307 g/mol. The Morgan fingerprint density at radius 2 is 1.70 bits per heavy atom. The molecule has 5 N–H and O–H groups in total. The van der Waals surface area contributed by atoms with Gasteiger partial charge in [0.1, 0.15) is 6.04 Å². The van der Waals surface area contributed by atoms with E-state index in [9.17, 15) is 14.0 Å². The van der Waals surface area contributed by atoms with Crippen molar-refractivity contribution in [1.29, 1.82) is 0 Å². The first-order chi connectivity index (χ1) is 10.8. The molecule has 0 aliphatic heterocycles. The second kappa shape index (κ2) is 8.94. The van der Waals surface area contributed by atoms with Crippen molar-refractivity contribution in [3.8, 4) is 11.5 Å². The molecule has 1 unspecified atom stereocenters. The highest BCUT2D eigenvalue weighted by Crippen LogP contribution is 2.37. The minimum absolute atomic E-state index is 0.164. The summed E-state index contributed by atoms with van der Waals surface area (Å²) in [5, 5.41) is 8.87. The normalized spacial score (nSPS) is 11.1. The number of methoxy groups -OCH3 is 2. The Morgan fingerprint density at radius 3 is 2.04 bits per heavy atom. The third kappa shape index (κ3) is 4.32. The quantitative estimate of drug-likeness (QED) is 0.720. The van der Waals surface area contributed by atoms with Crippen LogP contribution in [0.5, 0.6) is 11.5 Å². The number of primary amides is 1. The standard InChI is InChI=1S/C13H17FN2O5.C2H6/c1-5-6(4-7(15)13(18)19)10(20-2)9(14)11(21-3)8(5)12(16)17;1-2/h7H,4,15H2,1-3H3,(H2,16,17)(H,18,19);1-2H3. The van der Waals surface area contributed by atoms with Gasteiger partial charge in [-0.1, -0.05) is 13.8 Å². The molecular formula is C15H23FN2O5. The number of halogens is 1. The Bertz CT molecular complexity index is 590. The van der Waals surface area contributed by atoms with E-state index in [0.29, 0.717) is 0 Å². The molecule has 0 heterocycles. The summed E-state index contributed by atoms with van der Waals surface area (Å²) < 4.78 is 24.2. The number of benzene rings is 1. The first kappa shape index (κ1) is 20.6. The van der Waals surface area contributed by atoms with Gasteiger partial charge in [0.05, 0.1) is 19.8 Å². The van der Waals surface area contributed by atoms with E-state index in [1.165, 1.54) is 21.1 Å². The third-order valence-electron chi connectivity index (χ3n) is 3.12.